The molecule has 0 aromatic heterocycles. The second kappa shape index (κ2) is 2.69. The van der Waals surface area contributed by atoms with Gasteiger partial charge < -0.3 is 16.6 Å². The lowest BCUT2D eigenvalue weighted by Gasteiger charge is -2.09. The van der Waals surface area contributed by atoms with Crippen molar-refractivity contribution < 1.29 is 5.11 Å². The van der Waals surface area contributed by atoms with Crippen molar-refractivity contribution in [3.8, 4) is 5.75 Å². The molecule has 5 N–H and O–H groups in total. The predicted octanol–water partition coefficient (Wildman–Crippen LogP) is -0.384. The lowest BCUT2D eigenvalue weighted by atomic mass is 10.0. The lowest BCUT2D eigenvalue weighted by molar-refractivity contribution is 0.470. The zero-order chi connectivity index (χ0) is 9.42. The van der Waals surface area contributed by atoms with Gasteiger partial charge >= 0.3 is 0 Å². The molecule has 0 bridgehead atoms. The fourth-order valence-electron chi connectivity index (χ4n) is 1.69. The monoisotopic (exact) mass is 176 g/mol. The molecule has 0 spiro atoms. The van der Waals surface area contributed by atoms with Crippen molar-refractivity contribution in [3.63, 3.8) is 0 Å². The van der Waals surface area contributed by atoms with Gasteiger partial charge in [0.25, 0.3) is 0 Å². The van der Waals surface area contributed by atoms with Crippen molar-refractivity contribution in [1.82, 2.24) is 0 Å². The molecule has 0 atom stereocenters. The first kappa shape index (κ1) is 7.98. The Hall–Kier alpha value is -1.64. The van der Waals surface area contributed by atoms with Crippen LogP contribution in [0.4, 0.5) is 5.69 Å². The molecule has 68 valence electrons. The summed E-state index contributed by atoms with van der Waals surface area (Å²) in [6.07, 6.45) is 3.66. The number of aromatic hydroxyl groups is 1. The van der Waals surface area contributed by atoms with Crippen LogP contribution in [-0.4, -0.2) is 5.11 Å². The number of anilines is 1. The van der Waals surface area contributed by atoms with Crippen molar-refractivity contribution in [3.05, 3.63) is 22.6 Å². The molecule has 1 aliphatic rings. The predicted molar refractivity (Wildman–Crippen MR) is 53.1 cm³/mol. The van der Waals surface area contributed by atoms with Gasteiger partial charge in [0.1, 0.15) is 5.75 Å². The van der Waals surface area contributed by atoms with Crippen LogP contribution in [0.5, 0.6) is 5.75 Å². The quantitative estimate of drug-likeness (QED) is 0.372. The first-order valence-electron chi connectivity index (χ1n) is 4.26. The third-order valence-electron chi connectivity index (χ3n) is 2.34. The Bertz CT molecular complexity index is 463. The maximum atomic E-state index is 9.54. The largest absolute Gasteiger partial charge is 0.507 e. The lowest BCUT2D eigenvalue weighted by Crippen LogP contribution is -2.34. The van der Waals surface area contributed by atoms with Gasteiger partial charge in [-0.25, -0.2) is 0 Å². The Morgan fingerprint density at radius 2 is 2.00 bits per heavy atom. The van der Waals surface area contributed by atoms with Crippen molar-refractivity contribution >= 4 is 17.5 Å². The first-order chi connectivity index (χ1) is 6.20. The van der Waals surface area contributed by atoms with E-state index >= 15 is 0 Å². The number of fused-ring (bicyclic) bond motifs is 1. The molecule has 3 nitrogen and oxygen atoms in total. The molecule has 2 rings (SSSR count). The molecule has 0 aliphatic heterocycles. The van der Waals surface area contributed by atoms with Gasteiger partial charge in [0.2, 0.25) is 0 Å². The van der Waals surface area contributed by atoms with E-state index in [1.165, 1.54) is 0 Å². The Morgan fingerprint density at radius 3 is 2.69 bits per heavy atom. The van der Waals surface area contributed by atoms with E-state index < -0.39 is 0 Å². The summed E-state index contributed by atoms with van der Waals surface area (Å²) in [5, 5.41) is 11.1. The van der Waals surface area contributed by atoms with Crippen LogP contribution in [0.3, 0.4) is 0 Å². The van der Waals surface area contributed by atoms with Gasteiger partial charge in [-0.3, -0.25) is 0 Å². The second-order valence-electron chi connectivity index (χ2n) is 3.23. The molecule has 0 fully saturated rings. The average Bonchev–Trinajstić information content (AvgIpc) is 2.12. The fourth-order valence-corrected chi connectivity index (χ4v) is 1.69. The zero-order valence-corrected chi connectivity index (χ0v) is 7.25. The molecular weight excluding hydrogens is 164 g/mol. The number of benzene rings is 1. The summed E-state index contributed by atoms with van der Waals surface area (Å²) in [6, 6.07) is 3.28. The van der Waals surface area contributed by atoms with E-state index in [9.17, 15) is 5.11 Å². The number of phenolic OH excluding ortho intramolecular Hbond substituents is 1. The van der Waals surface area contributed by atoms with Crippen LogP contribution in [-0.2, 0) is 0 Å². The molecule has 0 unspecified atom stereocenters. The Kier molecular flexibility index (Phi) is 1.65. The first-order valence-corrected chi connectivity index (χ1v) is 4.26. The highest BCUT2D eigenvalue weighted by Crippen LogP contribution is 2.08. The maximum absolute atomic E-state index is 9.54. The Balaban J connectivity index is 2.99. The minimum absolute atomic E-state index is 0.256. The van der Waals surface area contributed by atoms with Crippen LogP contribution >= 0.6 is 0 Å². The summed E-state index contributed by atoms with van der Waals surface area (Å²) < 4.78 is 0. The normalized spacial score (nSPS) is 14.9. The molecule has 1 aliphatic carbocycles. The minimum Gasteiger partial charge on any atom is -0.507 e. The van der Waals surface area contributed by atoms with E-state index in [1.54, 1.807) is 12.1 Å². The van der Waals surface area contributed by atoms with Gasteiger partial charge in [-0.2, -0.15) is 0 Å². The van der Waals surface area contributed by atoms with Crippen LogP contribution in [0, 0.1) is 0 Å². The average molecular weight is 176 g/mol. The van der Waals surface area contributed by atoms with Gasteiger partial charge in [0.15, 0.2) is 0 Å². The molecule has 0 amide bonds. The number of hydrogen-bond acceptors (Lipinski definition) is 3. The third-order valence-corrected chi connectivity index (χ3v) is 2.34. The van der Waals surface area contributed by atoms with Crippen molar-refractivity contribution in [2.24, 2.45) is 5.73 Å². The van der Waals surface area contributed by atoms with Crippen LogP contribution in [0.25, 0.3) is 11.8 Å². The molecule has 0 heterocycles. The maximum Gasteiger partial charge on any atom is 0.123 e. The van der Waals surface area contributed by atoms with Crippen LogP contribution in [0.1, 0.15) is 12.8 Å². The van der Waals surface area contributed by atoms with Crippen molar-refractivity contribution in [2.75, 3.05) is 5.73 Å². The summed E-state index contributed by atoms with van der Waals surface area (Å²) in [5.41, 5.74) is 13.0. The molecule has 0 saturated carbocycles. The van der Waals surface area contributed by atoms with Gasteiger partial charge in [0.05, 0.1) is 0 Å². The highest BCUT2D eigenvalue weighted by molar-refractivity contribution is 5.59. The van der Waals surface area contributed by atoms with E-state index in [4.69, 9.17) is 11.5 Å². The number of nitrogens with two attached hydrogens (primary N) is 2. The number of hydrogen-bond donors (Lipinski definition) is 3. The minimum atomic E-state index is 0.256. The molecule has 0 radical (unpaired) electrons. The number of phenols is 1. The van der Waals surface area contributed by atoms with Crippen molar-refractivity contribution in [2.45, 2.75) is 12.8 Å². The van der Waals surface area contributed by atoms with Crippen LogP contribution in [0.2, 0.25) is 0 Å². The number of rotatable bonds is 0. The molecule has 1 aromatic carbocycles. The standard InChI is InChI=1S/C10H12N2O/c11-7-3-1-2-6-9(13)5-4-8(12)10(6)7/h2,4-5,13H,1,3,11-12H2. The second-order valence-corrected chi connectivity index (χ2v) is 3.23. The summed E-state index contributed by atoms with van der Waals surface area (Å²) in [7, 11) is 0. The molecule has 1 aromatic rings. The van der Waals surface area contributed by atoms with Gasteiger partial charge in [-0.15, -0.1) is 0 Å². The van der Waals surface area contributed by atoms with E-state index in [2.05, 4.69) is 0 Å². The van der Waals surface area contributed by atoms with Gasteiger partial charge in [0, 0.05) is 21.8 Å². The molecule has 0 saturated heterocycles. The Labute approximate surface area is 76.0 Å². The van der Waals surface area contributed by atoms with E-state index in [0.29, 0.717) is 5.69 Å². The third kappa shape index (κ3) is 1.13. The van der Waals surface area contributed by atoms with E-state index in [-0.39, 0.29) is 5.75 Å². The summed E-state index contributed by atoms with van der Waals surface area (Å²) in [5.74, 6) is 0.256. The van der Waals surface area contributed by atoms with E-state index in [1.807, 2.05) is 6.08 Å². The van der Waals surface area contributed by atoms with Gasteiger partial charge in [-0.1, -0.05) is 6.08 Å². The topological polar surface area (TPSA) is 72.3 Å². The summed E-state index contributed by atoms with van der Waals surface area (Å²) in [4.78, 5) is 0. The zero-order valence-electron chi connectivity index (χ0n) is 7.25. The summed E-state index contributed by atoms with van der Waals surface area (Å²) in [6.45, 7) is 0. The molecule has 3 heteroatoms. The molecule has 13 heavy (non-hydrogen) atoms. The highest BCUT2D eigenvalue weighted by atomic mass is 16.3. The highest BCUT2D eigenvalue weighted by Gasteiger charge is 2.06. The van der Waals surface area contributed by atoms with Crippen LogP contribution in [0.15, 0.2) is 12.1 Å². The fraction of sp³-hybridized carbons (Fsp3) is 0.200. The van der Waals surface area contributed by atoms with E-state index in [0.717, 1.165) is 29.0 Å². The SMILES string of the molecule is NC1=c2c(N)ccc(O)c2=CCC1. The van der Waals surface area contributed by atoms with Crippen molar-refractivity contribution in [1.29, 1.82) is 0 Å². The summed E-state index contributed by atoms with van der Waals surface area (Å²) >= 11 is 0. The van der Waals surface area contributed by atoms with Gasteiger partial charge in [-0.05, 0) is 25.0 Å². The Morgan fingerprint density at radius 1 is 1.23 bits per heavy atom. The smallest absolute Gasteiger partial charge is 0.123 e. The molecular formula is C10H12N2O. The number of nitrogen functional groups attached to an aromatic ring is 1. The van der Waals surface area contributed by atoms with Crippen LogP contribution < -0.4 is 21.9 Å².